The van der Waals surface area contributed by atoms with Crippen molar-refractivity contribution >= 4 is 6.03 Å². The maximum Gasteiger partial charge on any atom is 0.320 e. The Labute approximate surface area is 97.2 Å². The second-order valence-electron chi connectivity index (χ2n) is 4.86. The fourth-order valence-corrected chi connectivity index (χ4v) is 2.72. The van der Waals surface area contributed by atoms with Gasteiger partial charge in [0.05, 0.1) is 12.6 Å². The lowest BCUT2D eigenvalue weighted by Gasteiger charge is -2.30. The summed E-state index contributed by atoms with van der Waals surface area (Å²) in [4.78, 5) is 16.1. The molecule has 0 aliphatic carbocycles. The molecule has 2 amide bonds. The minimum absolute atomic E-state index is 0.0655. The zero-order chi connectivity index (χ0) is 11.4. The maximum atomic E-state index is 12.3. The van der Waals surface area contributed by atoms with Gasteiger partial charge >= 0.3 is 6.03 Å². The normalized spacial score (nSPS) is 26.9. The highest BCUT2D eigenvalue weighted by atomic mass is 16.3. The number of aliphatic hydroxyl groups is 1. The standard InChI is InChI=1S/C12H22N2O2/c15-10-11-6-5-9-14(11)12(16)13-7-3-1-2-4-8-13/h11,15H,1-10H2/t11-/m0/s1. The van der Waals surface area contributed by atoms with Crippen molar-refractivity contribution in [2.24, 2.45) is 0 Å². The van der Waals surface area contributed by atoms with Crippen LogP contribution in [0.1, 0.15) is 38.5 Å². The maximum absolute atomic E-state index is 12.3. The van der Waals surface area contributed by atoms with E-state index in [0.29, 0.717) is 0 Å². The Morgan fingerprint density at radius 1 is 1.06 bits per heavy atom. The van der Waals surface area contributed by atoms with Crippen molar-refractivity contribution < 1.29 is 9.90 Å². The minimum Gasteiger partial charge on any atom is -0.394 e. The first-order valence-corrected chi connectivity index (χ1v) is 6.49. The molecule has 0 radical (unpaired) electrons. The van der Waals surface area contributed by atoms with Crippen LogP contribution in [0.5, 0.6) is 0 Å². The summed E-state index contributed by atoms with van der Waals surface area (Å²) in [5, 5.41) is 9.23. The average molecular weight is 226 g/mol. The van der Waals surface area contributed by atoms with E-state index in [-0.39, 0.29) is 18.7 Å². The molecule has 1 N–H and O–H groups in total. The first-order valence-electron chi connectivity index (χ1n) is 6.49. The van der Waals surface area contributed by atoms with Crippen molar-refractivity contribution in [2.75, 3.05) is 26.2 Å². The van der Waals surface area contributed by atoms with Crippen LogP contribution in [-0.4, -0.2) is 53.2 Å². The lowest BCUT2D eigenvalue weighted by Crippen LogP contribution is -2.46. The van der Waals surface area contributed by atoms with E-state index in [1.807, 2.05) is 9.80 Å². The molecule has 92 valence electrons. The first-order chi connectivity index (χ1) is 7.83. The van der Waals surface area contributed by atoms with Gasteiger partial charge in [0.1, 0.15) is 0 Å². The first kappa shape index (κ1) is 11.7. The topological polar surface area (TPSA) is 43.8 Å². The minimum atomic E-state index is 0.0655. The van der Waals surface area contributed by atoms with Crippen LogP contribution in [0.3, 0.4) is 0 Å². The molecule has 2 rings (SSSR count). The molecule has 4 nitrogen and oxygen atoms in total. The number of carbonyl (C=O) groups is 1. The quantitative estimate of drug-likeness (QED) is 0.735. The van der Waals surface area contributed by atoms with Gasteiger partial charge in [-0.3, -0.25) is 0 Å². The van der Waals surface area contributed by atoms with E-state index in [2.05, 4.69) is 0 Å². The lowest BCUT2D eigenvalue weighted by atomic mass is 10.2. The van der Waals surface area contributed by atoms with Crippen molar-refractivity contribution in [3.05, 3.63) is 0 Å². The molecule has 2 aliphatic heterocycles. The summed E-state index contributed by atoms with van der Waals surface area (Å²) in [7, 11) is 0. The van der Waals surface area contributed by atoms with Gasteiger partial charge in [0.25, 0.3) is 0 Å². The number of carbonyl (C=O) groups excluding carboxylic acids is 1. The predicted molar refractivity (Wildman–Crippen MR) is 62.3 cm³/mol. The molecule has 0 bridgehead atoms. The fourth-order valence-electron chi connectivity index (χ4n) is 2.72. The van der Waals surface area contributed by atoms with Crippen LogP contribution in [0.4, 0.5) is 4.79 Å². The van der Waals surface area contributed by atoms with Gasteiger partial charge in [0.15, 0.2) is 0 Å². The Bertz CT molecular complexity index is 237. The second-order valence-corrected chi connectivity index (χ2v) is 4.86. The number of urea groups is 1. The predicted octanol–water partition coefficient (Wildman–Crippen LogP) is 1.44. The Morgan fingerprint density at radius 2 is 1.75 bits per heavy atom. The monoisotopic (exact) mass is 226 g/mol. The van der Waals surface area contributed by atoms with Gasteiger partial charge in [0.2, 0.25) is 0 Å². The van der Waals surface area contributed by atoms with Gasteiger partial charge in [-0.15, -0.1) is 0 Å². The Balaban J connectivity index is 1.94. The molecule has 4 heteroatoms. The summed E-state index contributed by atoms with van der Waals surface area (Å²) in [5.41, 5.74) is 0. The smallest absolute Gasteiger partial charge is 0.320 e. The lowest BCUT2D eigenvalue weighted by molar-refractivity contribution is 0.126. The molecule has 0 aromatic heterocycles. The second kappa shape index (κ2) is 5.53. The van der Waals surface area contributed by atoms with Crippen molar-refractivity contribution in [1.29, 1.82) is 0 Å². The zero-order valence-electron chi connectivity index (χ0n) is 9.90. The fraction of sp³-hybridized carbons (Fsp3) is 0.917. The third kappa shape index (κ3) is 2.48. The van der Waals surface area contributed by atoms with E-state index in [1.54, 1.807) is 0 Å². The summed E-state index contributed by atoms with van der Waals surface area (Å²) in [6.07, 6.45) is 6.73. The molecule has 0 saturated carbocycles. The molecule has 2 heterocycles. The molecule has 2 aliphatic rings. The molecule has 0 spiro atoms. The molecule has 2 fully saturated rings. The highest BCUT2D eigenvalue weighted by Crippen LogP contribution is 2.20. The van der Waals surface area contributed by atoms with E-state index >= 15 is 0 Å². The average Bonchev–Trinajstić information content (AvgIpc) is 2.61. The molecule has 0 aromatic carbocycles. The van der Waals surface area contributed by atoms with Crippen LogP contribution < -0.4 is 0 Å². The van der Waals surface area contributed by atoms with Crippen LogP contribution in [0, 0.1) is 0 Å². The van der Waals surface area contributed by atoms with Gasteiger partial charge in [0, 0.05) is 19.6 Å². The Hall–Kier alpha value is -0.770. The molecule has 2 saturated heterocycles. The van der Waals surface area contributed by atoms with Gasteiger partial charge in [-0.25, -0.2) is 4.79 Å². The van der Waals surface area contributed by atoms with Crippen LogP contribution in [0.2, 0.25) is 0 Å². The van der Waals surface area contributed by atoms with E-state index < -0.39 is 0 Å². The van der Waals surface area contributed by atoms with Gasteiger partial charge in [-0.05, 0) is 25.7 Å². The van der Waals surface area contributed by atoms with Crippen molar-refractivity contribution in [3.63, 3.8) is 0 Å². The number of aliphatic hydroxyl groups excluding tert-OH is 1. The van der Waals surface area contributed by atoms with E-state index in [1.165, 1.54) is 12.8 Å². The van der Waals surface area contributed by atoms with Gasteiger partial charge in [-0.1, -0.05) is 12.8 Å². The SMILES string of the molecule is O=C(N1CCCCCC1)N1CCC[C@H]1CO. The summed E-state index contributed by atoms with van der Waals surface area (Å²) in [5.74, 6) is 0. The van der Waals surface area contributed by atoms with Crippen LogP contribution in [-0.2, 0) is 0 Å². The van der Waals surface area contributed by atoms with Crippen molar-refractivity contribution in [2.45, 2.75) is 44.6 Å². The summed E-state index contributed by atoms with van der Waals surface area (Å²) in [6, 6.07) is 0.217. The van der Waals surface area contributed by atoms with Crippen LogP contribution in [0.25, 0.3) is 0 Å². The third-order valence-corrected chi connectivity index (χ3v) is 3.71. The number of nitrogens with zero attached hydrogens (tertiary/aromatic N) is 2. The number of hydrogen-bond acceptors (Lipinski definition) is 2. The molecule has 16 heavy (non-hydrogen) atoms. The zero-order valence-corrected chi connectivity index (χ0v) is 9.90. The number of hydrogen-bond donors (Lipinski definition) is 1. The molecular formula is C12H22N2O2. The van der Waals surface area contributed by atoms with E-state index in [0.717, 1.165) is 45.3 Å². The number of amides is 2. The highest BCUT2D eigenvalue weighted by molar-refractivity contribution is 5.75. The van der Waals surface area contributed by atoms with E-state index in [4.69, 9.17) is 0 Å². The molecule has 0 aromatic rings. The molecular weight excluding hydrogens is 204 g/mol. The Morgan fingerprint density at radius 3 is 2.38 bits per heavy atom. The summed E-state index contributed by atoms with van der Waals surface area (Å²) < 4.78 is 0. The van der Waals surface area contributed by atoms with Gasteiger partial charge < -0.3 is 14.9 Å². The van der Waals surface area contributed by atoms with Crippen LogP contribution in [0.15, 0.2) is 0 Å². The third-order valence-electron chi connectivity index (χ3n) is 3.71. The highest BCUT2D eigenvalue weighted by Gasteiger charge is 2.31. The molecule has 1 atom stereocenters. The van der Waals surface area contributed by atoms with E-state index in [9.17, 15) is 9.90 Å². The number of rotatable bonds is 1. The molecule has 0 unspecified atom stereocenters. The van der Waals surface area contributed by atoms with Gasteiger partial charge in [-0.2, -0.15) is 0 Å². The van der Waals surface area contributed by atoms with Crippen molar-refractivity contribution in [1.82, 2.24) is 9.80 Å². The Kier molecular flexibility index (Phi) is 4.04. The van der Waals surface area contributed by atoms with Crippen LogP contribution >= 0.6 is 0 Å². The summed E-state index contributed by atoms with van der Waals surface area (Å²) >= 11 is 0. The largest absolute Gasteiger partial charge is 0.394 e. The van der Waals surface area contributed by atoms with Crippen molar-refractivity contribution in [3.8, 4) is 0 Å². The number of likely N-dealkylation sites (tertiary alicyclic amines) is 2. The summed E-state index contributed by atoms with van der Waals surface area (Å²) in [6.45, 7) is 2.72.